The van der Waals surface area contributed by atoms with Gasteiger partial charge in [-0.05, 0) is 66.0 Å². The van der Waals surface area contributed by atoms with Gasteiger partial charge in [0, 0.05) is 47.8 Å². The number of halogens is 2. The third-order valence-corrected chi connectivity index (χ3v) is 8.79. The number of ketones is 2. The van der Waals surface area contributed by atoms with Gasteiger partial charge in [0.2, 0.25) is 0 Å². The number of hydrogen-bond donors (Lipinski definition) is 1. The molecular formula is C35H39ClFNO6. The lowest BCUT2D eigenvalue weighted by atomic mass is 9.63. The fourth-order valence-corrected chi connectivity index (χ4v) is 7.07. The molecule has 0 saturated carbocycles. The molecule has 0 aromatic heterocycles. The summed E-state index contributed by atoms with van der Waals surface area (Å²) in [5.41, 5.74) is 3.19. The Kier molecular flexibility index (Phi) is 8.69. The number of rotatable bonds is 9. The van der Waals surface area contributed by atoms with Gasteiger partial charge in [-0.2, -0.15) is 0 Å². The highest BCUT2D eigenvalue weighted by molar-refractivity contribution is 6.32. The van der Waals surface area contributed by atoms with Crippen molar-refractivity contribution in [2.75, 3.05) is 13.2 Å². The van der Waals surface area contributed by atoms with Crippen molar-refractivity contribution in [3.05, 3.63) is 80.9 Å². The molecule has 44 heavy (non-hydrogen) atoms. The molecule has 9 heteroatoms. The van der Waals surface area contributed by atoms with E-state index in [0.29, 0.717) is 60.3 Å². The maximum Gasteiger partial charge on any atom is 0.305 e. The van der Waals surface area contributed by atoms with Crippen LogP contribution in [0.2, 0.25) is 5.02 Å². The molecule has 3 aliphatic rings. The first-order chi connectivity index (χ1) is 20.7. The van der Waals surface area contributed by atoms with Crippen molar-refractivity contribution < 1.29 is 33.4 Å². The minimum atomic E-state index is -0.943. The molecule has 1 N–H and O–H groups in total. The zero-order valence-corrected chi connectivity index (χ0v) is 26.6. The number of carboxylic acid groups (broad SMARTS) is 1. The van der Waals surface area contributed by atoms with Gasteiger partial charge in [0.25, 0.3) is 0 Å². The van der Waals surface area contributed by atoms with Crippen molar-refractivity contribution in [3.63, 3.8) is 0 Å². The van der Waals surface area contributed by atoms with Crippen LogP contribution in [0.1, 0.15) is 83.8 Å². The number of carboxylic acids is 1. The van der Waals surface area contributed by atoms with E-state index in [9.17, 15) is 23.9 Å². The standard InChI is InChI=1S/C35H39ClFNO6/c1-6-43-28-14-21(13-23(36)33(28)44-19-20-8-7-9-22(37)12-20)30-31-24(15-34(2,3)17-26(31)39)38(11-10-29(41)42)25-16-35(4,5)18-27(40)32(25)30/h7-9,12-14,30H,6,10-11,15-19H2,1-5H3,(H,41,42). The summed E-state index contributed by atoms with van der Waals surface area (Å²) in [6.45, 7) is 10.5. The minimum absolute atomic E-state index is 0.0601. The fraction of sp³-hybridized carbons (Fsp3) is 0.457. The maximum absolute atomic E-state index is 14.0. The zero-order chi connectivity index (χ0) is 32.0. The normalized spacial score (nSPS) is 19.6. The first-order valence-corrected chi connectivity index (χ1v) is 15.4. The minimum Gasteiger partial charge on any atom is -0.490 e. The molecule has 2 aliphatic carbocycles. The summed E-state index contributed by atoms with van der Waals surface area (Å²) in [4.78, 5) is 41.7. The van der Waals surface area contributed by atoms with Crippen molar-refractivity contribution in [2.45, 2.75) is 79.2 Å². The lowest BCUT2D eigenvalue weighted by molar-refractivity contribution is -0.137. The molecule has 2 aromatic rings. The van der Waals surface area contributed by atoms with Gasteiger partial charge in [0.1, 0.15) is 12.4 Å². The van der Waals surface area contributed by atoms with Crippen molar-refractivity contribution in [1.82, 2.24) is 4.90 Å². The summed E-state index contributed by atoms with van der Waals surface area (Å²) in [5.74, 6) is -1.48. The third-order valence-electron chi connectivity index (χ3n) is 8.51. The van der Waals surface area contributed by atoms with E-state index in [1.807, 2.05) is 39.5 Å². The predicted octanol–water partition coefficient (Wildman–Crippen LogP) is 7.62. The second kappa shape index (κ2) is 12.0. The molecule has 0 atom stereocenters. The van der Waals surface area contributed by atoms with E-state index < -0.39 is 11.9 Å². The summed E-state index contributed by atoms with van der Waals surface area (Å²) in [5, 5.41) is 9.83. The summed E-state index contributed by atoms with van der Waals surface area (Å²) in [6.07, 6.45) is 1.61. The van der Waals surface area contributed by atoms with E-state index in [0.717, 1.165) is 11.4 Å². The monoisotopic (exact) mass is 623 g/mol. The van der Waals surface area contributed by atoms with Gasteiger partial charge in [0.15, 0.2) is 23.1 Å². The van der Waals surface area contributed by atoms with E-state index in [1.54, 1.807) is 24.3 Å². The molecule has 1 heterocycles. The summed E-state index contributed by atoms with van der Waals surface area (Å²) >= 11 is 6.86. The van der Waals surface area contributed by atoms with Gasteiger partial charge in [-0.15, -0.1) is 0 Å². The Morgan fingerprint density at radius 3 is 2.14 bits per heavy atom. The molecule has 0 spiro atoms. The van der Waals surface area contributed by atoms with E-state index in [1.165, 1.54) is 12.1 Å². The Morgan fingerprint density at radius 1 is 0.977 bits per heavy atom. The molecule has 0 saturated heterocycles. The number of Topliss-reactive ketones (excluding diaryl/α,β-unsaturated/α-hetero) is 2. The Labute approximate surface area is 262 Å². The van der Waals surface area contributed by atoms with Crippen molar-refractivity contribution in [3.8, 4) is 11.5 Å². The molecule has 2 aromatic carbocycles. The van der Waals surface area contributed by atoms with Crippen LogP contribution in [0.3, 0.4) is 0 Å². The molecule has 0 bridgehead atoms. The Bertz CT molecular complexity index is 1540. The van der Waals surface area contributed by atoms with E-state index in [-0.39, 0.29) is 58.6 Å². The van der Waals surface area contributed by atoms with E-state index in [4.69, 9.17) is 21.1 Å². The molecule has 7 nitrogen and oxygen atoms in total. The molecule has 1 aliphatic heterocycles. The highest BCUT2D eigenvalue weighted by Crippen LogP contribution is 2.55. The van der Waals surface area contributed by atoms with Crippen molar-refractivity contribution in [2.24, 2.45) is 10.8 Å². The number of carbonyl (C=O) groups is 3. The van der Waals surface area contributed by atoms with E-state index >= 15 is 0 Å². The number of ether oxygens (including phenoxy) is 2. The quantitative estimate of drug-likeness (QED) is 0.307. The lowest BCUT2D eigenvalue weighted by Crippen LogP contribution is -2.45. The lowest BCUT2D eigenvalue weighted by Gasteiger charge is -2.49. The number of carbonyl (C=O) groups excluding carboxylic acids is 2. The molecule has 0 radical (unpaired) electrons. The van der Waals surface area contributed by atoms with Gasteiger partial charge >= 0.3 is 5.97 Å². The molecule has 234 valence electrons. The summed E-state index contributed by atoms with van der Waals surface area (Å²) < 4.78 is 25.8. The van der Waals surface area contributed by atoms with Crippen LogP contribution >= 0.6 is 11.6 Å². The second-order valence-electron chi connectivity index (χ2n) is 13.5. The van der Waals surface area contributed by atoms with Crippen LogP contribution in [0.25, 0.3) is 0 Å². The van der Waals surface area contributed by atoms with Crippen molar-refractivity contribution in [1.29, 1.82) is 0 Å². The van der Waals surface area contributed by atoms with Crippen molar-refractivity contribution >= 4 is 29.1 Å². The maximum atomic E-state index is 14.0. The predicted molar refractivity (Wildman–Crippen MR) is 165 cm³/mol. The van der Waals surface area contributed by atoms with Crippen LogP contribution in [0, 0.1) is 16.6 Å². The first kappa shape index (κ1) is 31.8. The number of benzene rings is 2. The average molecular weight is 624 g/mol. The molecule has 5 rings (SSSR count). The molecule has 0 fully saturated rings. The Balaban J connectivity index is 1.67. The van der Waals surface area contributed by atoms with Gasteiger partial charge in [0.05, 0.1) is 18.1 Å². The molecular weight excluding hydrogens is 585 g/mol. The Morgan fingerprint density at radius 2 is 1.59 bits per heavy atom. The van der Waals surface area contributed by atoms with Gasteiger partial charge in [-0.25, -0.2) is 4.39 Å². The molecule has 0 unspecified atom stereocenters. The van der Waals surface area contributed by atoms with Crippen LogP contribution in [-0.2, 0) is 21.0 Å². The highest BCUT2D eigenvalue weighted by Gasteiger charge is 2.49. The largest absolute Gasteiger partial charge is 0.490 e. The number of nitrogens with zero attached hydrogens (tertiary/aromatic N) is 1. The summed E-state index contributed by atoms with van der Waals surface area (Å²) in [7, 11) is 0. The van der Waals surface area contributed by atoms with Gasteiger partial charge in [-0.1, -0.05) is 51.4 Å². The zero-order valence-electron chi connectivity index (χ0n) is 25.9. The fourth-order valence-electron chi connectivity index (χ4n) is 6.80. The number of aliphatic carboxylic acids is 1. The van der Waals surface area contributed by atoms with Gasteiger partial charge < -0.3 is 19.5 Å². The first-order valence-electron chi connectivity index (χ1n) is 15.0. The smallest absolute Gasteiger partial charge is 0.305 e. The highest BCUT2D eigenvalue weighted by atomic mass is 35.5. The van der Waals surface area contributed by atoms with Crippen LogP contribution in [0.15, 0.2) is 58.9 Å². The SMILES string of the molecule is CCOc1cc(C2C3=C(CC(C)(C)CC3=O)N(CCC(=O)O)C3=C2C(=O)CC(C)(C)C3)cc(Cl)c1OCc1cccc(F)c1. The van der Waals surface area contributed by atoms with Crippen LogP contribution < -0.4 is 9.47 Å². The van der Waals surface area contributed by atoms with Crippen LogP contribution in [-0.4, -0.2) is 40.7 Å². The average Bonchev–Trinajstić information content (AvgIpc) is 2.89. The topological polar surface area (TPSA) is 93.1 Å². The second-order valence-corrected chi connectivity index (χ2v) is 13.9. The number of allylic oxidation sites excluding steroid dienone is 4. The number of hydrogen-bond acceptors (Lipinski definition) is 6. The van der Waals surface area contributed by atoms with Crippen LogP contribution in [0.4, 0.5) is 4.39 Å². The molecule has 0 amide bonds. The van der Waals surface area contributed by atoms with Crippen LogP contribution in [0.5, 0.6) is 11.5 Å². The third kappa shape index (κ3) is 6.41. The van der Waals surface area contributed by atoms with E-state index in [2.05, 4.69) is 0 Å². The van der Waals surface area contributed by atoms with Gasteiger partial charge in [-0.3, -0.25) is 14.4 Å². The summed E-state index contributed by atoms with van der Waals surface area (Å²) in [6, 6.07) is 9.60. The Hall–Kier alpha value is -3.65.